The molecular weight excluding hydrogens is 274 g/mol. The molecule has 1 unspecified atom stereocenters. The zero-order valence-electron chi connectivity index (χ0n) is 13.1. The lowest BCUT2D eigenvalue weighted by molar-refractivity contribution is -0.898. The molecule has 1 saturated heterocycles. The van der Waals surface area contributed by atoms with Crippen molar-refractivity contribution in [3.8, 4) is 0 Å². The fraction of sp³-hybridized carbons (Fsp3) is 0.800. The molecular formula is C15H26NO5+. The van der Waals surface area contributed by atoms with Crippen LogP contribution in [0.5, 0.6) is 0 Å². The maximum absolute atomic E-state index is 12.5. The Hall–Kier alpha value is -0.950. The summed E-state index contributed by atoms with van der Waals surface area (Å²) in [5.41, 5.74) is -1.71. The Morgan fingerprint density at radius 3 is 2.71 bits per heavy atom. The van der Waals surface area contributed by atoms with Gasteiger partial charge in [-0.25, -0.2) is 4.79 Å². The predicted molar refractivity (Wildman–Crippen MR) is 75.5 cm³/mol. The lowest BCUT2D eigenvalue weighted by atomic mass is 9.85. The predicted octanol–water partition coefficient (Wildman–Crippen LogP) is -1.13. The molecule has 1 fully saturated rings. The smallest absolute Gasteiger partial charge is 0.346 e. The third-order valence-electron chi connectivity index (χ3n) is 4.85. The zero-order chi connectivity index (χ0) is 15.8. The van der Waals surface area contributed by atoms with Crippen molar-refractivity contribution in [3.05, 3.63) is 11.8 Å². The van der Waals surface area contributed by atoms with Gasteiger partial charge in [0.1, 0.15) is 12.6 Å². The second-order valence-corrected chi connectivity index (χ2v) is 6.30. The van der Waals surface area contributed by atoms with Crippen LogP contribution in [0.1, 0.15) is 27.2 Å². The van der Waals surface area contributed by atoms with Crippen molar-refractivity contribution in [3.63, 3.8) is 0 Å². The average molecular weight is 300 g/mol. The minimum absolute atomic E-state index is 0.191. The van der Waals surface area contributed by atoms with Crippen LogP contribution in [0.15, 0.2) is 11.8 Å². The van der Waals surface area contributed by atoms with Gasteiger partial charge in [0, 0.05) is 19.6 Å². The number of aliphatic hydroxyl groups excluding tert-OH is 1. The van der Waals surface area contributed by atoms with Crippen molar-refractivity contribution in [2.45, 2.75) is 51.0 Å². The van der Waals surface area contributed by atoms with Crippen LogP contribution in [-0.2, 0) is 14.3 Å². The summed E-state index contributed by atoms with van der Waals surface area (Å²) in [5, 5.41) is 20.7. The Morgan fingerprint density at radius 1 is 1.48 bits per heavy atom. The maximum Gasteiger partial charge on any atom is 0.346 e. The van der Waals surface area contributed by atoms with Gasteiger partial charge in [0.2, 0.25) is 0 Å². The highest BCUT2D eigenvalue weighted by Crippen LogP contribution is 2.27. The van der Waals surface area contributed by atoms with Crippen molar-refractivity contribution in [2.75, 3.05) is 20.2 Å². The molecule has 0 bridgehead atoms. The first-order chi connectivity index (χ1) is 9.82. The second-order valence-electron chi connectivity index (χ2n) is 6.30. The van der Waals surface area contributed by atoms with Crippen molar-refractivity contribution in [2.24, 2.45) is 5.92 Å². The minimum Gasteiger partial charge on any atom is -0.422 e. The third-order valence-corrected chi connectivity index (χ3v) is 4.85. The molecule has 2 aliphatic rings. The molecule has 0 radical (unpaired) electrons. The number of carbonyl (C=O) groups excluding carboxylic acids is 1. The van der Waals surface area contributed by atoms with E-state index in [1.54, 1.807) is 20.8 Å². The van der Waals surface area contributed by atoms with Gasteiger partial charge in [0.25, 0.3) is 0 Å². The number of methoxy groups -OCH3 is 1. The number of quaternary nitrogens is 1. The molecule has 6 heteroatoms. The Bertz CT molecular complexity index is 436. The van der Waals surface area contributed by atoms with Crippen molar-refractivity contribution in [1.29, 1.82) is 0 Å². The third kappa shape index (κ3) is 2.73. The zero-order valence-corrected chi connectivity index (χ0v) is 13.1. The second kappa shape index (κ2) is 6.04. The van der Waals surface area contributed by atoms with Gasteiger partial charge in [-0.2, -0.15) is 0 Å². The summed E-state index contributed by atoms with van der Waals surface area (Å²) in [6.07, 6.45) is 1.37. The summed E-state index contributed by atoms with van der Waals surface area (Å²) >= 11 is 0. The van der Waals surface area contributed by atoms with Crippen LogP contribution in [0.3, 0.4) is 0 Å². The van der Waals surface area contributed by atoms with Gasteiger partial charge in [0.15, 0.2) is 17.4 Å². The first-order valence-electron chi connectivity index (χ1n) is 7.52. The Morgan fingerprint density at radius 2 is 2.14 bits per heavy atom. The van der Waals surface area contributed by atoms with E-state index in [0.29, 0.717) is 12.2 Å². The van der Waals surface area contributed by atoms with Crippen LogP contribution in [0.2, 0.25) is 0 Å². The molecule has 3 N–H and O–H groups in total. The van der Waals surface area contributed by atoms with E-state index in [4.69, 9.17) is 9.47 Å². The number of carbonyl (C=O) groups is 1. The van der Waals surface area contributed by atoms with E-state index in [1.165, 1.54) is 12.0 Å². The number of hydrogen-bond donors (Lipinski definition) is 3. The molecule has 0 amide bonds. The normalized spacial score (nSPS) is 32.5. The van der Waals surface area contributed by atoms with Gasteiger partial charge >= 0.3 is 5.97 Å². The quantitative estimate of drug-likeness (QED) is 0.560. The van der Waals surface area contributed by atoms with Crippen LogP contribution in [0.25, 0.3) is 0 Å². The molecule has 0 aliphatic carbocycles. The SMILES string of the molecule is CO[C@H](C)[C@](O)(C(=O)OC1=CC[NH+]2CC[C@H](O)[C@@H]12)C(C)C. The van der Waals surface area contributed by atoms with Crippen LogP contribution in [-0.4, -0.2) is 60.2 Å². The first-order valence-corrected chi connectivity index (χ1v) is 7.52. The Kier molecular flexibility index (Phi) is 4.72. The Balaban J connectivity index is 2.13. The number of aliphatic hydroxyl groups is 2. The van der Waals surface area contributed by atoms with Crippen molar-refractivity contribution in [1.82, 2.24) is 0 Å². The molecule has 0 aromatic heterocycles. The van der Waals surface area contributed by atoms with Crippen LogP contribution in [0.4, 0.5) is 0 Å². The van der Waals surface area contributed by atoms with Gasteiger partial charge in [-0.05, 0) is 12.8 Å². The molecule has 0 aromatic carbocycles. The summed E-state index contributed by atoms with van der Waals surface area (Å²) in [4.78, 5) is 13.7. The average Bonchev–Trinajstić information content (AvgIpc) is 3.01. The van der Waals surface area contributed by atoms with E-state index < -0.39 is 23.8 Å². The summed E-state index contributed by atoms with van der Waals surface area (Å²) in [5.74, 6) is -0.584. The fourth-order valence-electron chi connectivity index (χ4n) is 3.25. The molecule has 0 aromatic rings. The monoisotopic (exact) mass is 300 g/mol. The van der Waals surface area contributed by atoms with Crippen molar-refractivity contribution < 1.29 is 29.4 Å². The molecule has 0 saturated carbocycles. The maximum atomic E-state index is 12.5. The lowest BCUT2D eigenvalue weighted by Crippen LogP contribution is -3.12. The highest BCUT2D eigenvalue weighted by Gasteiger charge is 2.50. The van der Waals surface area contributed by atoms with Gasteiger partial charge in [-0.3, -0.25) is 0 Å². The fourth-order valence-corrected chi connectivity index (χ4v) is 3.25. The van der Waals surface area contributed by atoms with Gasteiger partial charge in [0.05, 0.1) is 12.6 Å². The molecule has 0 spiro atoms. The van der Waals surface area contributed by atoms with Crippen LogP contribution >= 0.6 is 0 Å². The highest BCUT2D eigenvalue weighted by atomic mass is 16.6. The van der Waals surface area contributed by atoms with Gasteiger partial charge in [-0.1, -0.05) is 13.8 Å². The number of hydrogen-bond acceptors (Lipinski definition) is 5. The van der Waals surface area contributed by atoms with Crippen LogP contribution < -0.4 is 4.90 Å². The molecule has 5 atom stereocenters. The van der Waals surface area contributed by atoms with E-state index in [9.17, 15) is 15.0 Å². The largest absolute Gasteiger partial charge is 0.422 e. The molecule has 21 heavy (non-hydrogen) atoms. The van der Waals surface area contributed by atoms with Crippen molar-refractivity contribution >= 4 is 5.97 Å². The first kappa shape index (κ1) is 16.4. The number of nitrogens with one attached hydrogen (secondary N) is 1. The standard InChI is InChI=1S/C15H25NO5/c1-9(2)15(19,10(3)20-4)14(18)21-12-6-8-16-7-5-11(17)13(12)16/h6,9-11,13,17,19H,5,7-8H2,1-4H3/p+1/t10-,11+,13+,15+/m1/s1. The minimum atomic E-state index is -1.71. The highest BCUT2D eigenvalue weighted by molar-refractivity contribution is 5.81. The molecule has 120 valence electrons. The van der Waals surface area contributed by atoms with E-state index in [1.807, 2.05) is 6.08 Å². The van der Waals surface area contributed by atoms with Gasteiger partial charge in [-0.15, -0.1) is 0 Å². The summed E-state index contributed by atoms with van der Waals surface area (Å²) in [6, 6.07) is -0.191. The van der Waals surface area contributed by atoms with Crippen LogP contribution in [0, 0.1) is 5.92 Å². The lowest BCUT2D eigenvalue weighted by Gasteiger charge is -2.34. The van der Waals surface area contributed by atoms with E-state index in [-0.39, 0.29) is 12.0 Å². The molecule has 2 aliphatic heterocycles. The summed E-state index contributed by atoms with van der Waals surface area (Å²) in [6.45, 7) is 6.76. The van der Waals surface area contributed by atoms with E-state index in [2.05, 4.69) is 0 Å². The van der Waals surface area contributed by atoms with E-state index in [0.717, 1.165) is 13.1 Å². The molecule has 2 heterocycles. The number of rotatable bonds is 5. The topological polar surface area (TPSA) is 80.4 Å². The van der Waals surface area contributed by atoms with Gasteiger partial charge < -0.3 is 24.6 Å². The molecule has 2 rings (SSSR count). The summed E-state index contributed by atoms with van der Waals surface area (Å²) < 4.78 is 10.6. The number of ether oxygens (including phenoxy) is 2. The Labute approximate surface area is 125 Å². The van der Waals surface area contributed by atoms with E-state index >= 15 is 0 Å². The molecule has 6 nitrogen and oxygen atoms in total. The summed E-state index contributed by atoms with van der Waals surface area (Å²) in [7, 11) is 1.45. The number of fused-ring (bicyclic) bond motifs is 1. The number of esters is 1.